The summed E-state index contributed by atoms with van der Waals surface area (Å²) in [6.07, 6.45) is -2.60. The number of nitrogens with one attached hydrogen (secondary N) is 2. The first-order valence-corrected chi connectivity index (χ1v) is 8.87. The number of aromatic nitrogens is 3. The van der Waals surface area contributed by atoms with Crippen LogP contribution in [0.15, 0.2) is 42.6 Å². The number of H-pyrrole nitrogens is 1. The molecule has 0 radical (unpaired) electrons. The van der Waals surface area contributed by atoms with Crippen LogP contribution in [0.25, 0.3) is 32.9 Å². The minimum atomic E-state index is -4.38. The predicted octanol–water partition coefficient (Wildman–Crippen LogP) is 4.41. The van der Waals surface area contributed by atoms with Crippen molar-refractivity contribution in [3.63, 3.8) is 0 Å². The normalized spacial score (nSPS) is 12.6. The average Bonchev–Trinajstić information content (AvgIpc) is 3.08. The lowest BCUT2D eigenvalue weighted by Crippen LogP contribution is -2.41. The molecule has 4 aromatic rings. The number of nitrogens with zero attached hydrogens (tertiary/aromatic N) is 3. The molecule has 0 amide bonds. The molecule has 0 saturated carbocycles. The third-order valence-electron chi connectivity index (χ3n) is 4.49. The van der Waals surface area contributed by atoms with Crippen molar-refractivity contribution in [2.24, 2.45) is 0 Å². The standard InChI is InChI=1S/C20H20F3N6/c1-29(2,3)28-18-16-13-8-9-25-17(13)14(10-15(16)26-19(24)27-18)11-4-6-12(7-5-11)20(21,22)23/h4-10,25H,1-3H3,(H3,24,26,27,28)/q+1. The zero-order valence-electron chi connectivity index (χ0n) is 16.1. The topological polar surface area (TPSA) is 79.6 Å². The van der Waals surface area contributed by atoms with Gasteiger partial charge in [-0.1, -0.05) is 12.1 Å². The Bertz CT molecular complexity index is 1200. The predicted molar refractivity (Wildman–Crippen MR) is 108 cm³/mol. The number of rotatable bonds is 3. The molecule has 2 aromatic carbocycles. The van der Waals surface area contributed by atoms with Gasteiger partial charge in [0.25, 0.3) is 0 Å². The molecule has 0 aliphatic rings. The minimum Gasteiger partial charge on any atom is -0.368 e. The van der Waals surface area contributed by atoms with E-state index in [0.29, 0.717) is 21.5 Å². The lowest BCUT2D eigenvalue weighted by Gasteiger charge is -2.25. The summed E-state index contributed by atoms with van der Waals surface area (Å²) in [6, 6.07) is 8.78. The van der Waals surface area contributed by atoms with Crippen LogP contribution in [0.3, 0.4) is 0 Å². The van der Waals surface area contributed by atoms with Gasteiger partial charge in [-0.3, -0.25) is 0 Å². The van der Waals surface area contributed by atoms with Gasteiger partial charge < -0.3 is 10.7 Å². The largest absolute Gasteiger partial charge is 0.416 e. The number of alkyl halides is 3. The third-order valence-corrected chi connectivity index (χ3v) is 4.49. The van der Waals surface area contributed by atoms with E-state index >= 15 is 0 Å². The van der Waals surface area contributed by atoms with E-state index in [0.717, 1.165) is 34.0 Å². The number of benzene rings is 2. The number of nitrogens with two attached hydrogens (primary N) is 1. The fraction of sp³-hybridized carbons (Fsp3) is 0.200. The quantitative estimate of drug-likeness (QED) is 0.351. The Morgan fingerprint density at radius 3 is 2.34 bits per heavy atom. The summed E-state index contributed by atoms with van der Waals surface area (Å²) in [5.41, 5.74) is 11.3. The lowest BCUT2D eigenvalue weighted by molar-refractivity contribution is -0.848. The molecule has 150 valence electrons. The number of fused-ring (bicyclic) bond motifs is 3. The number of hydrogen-bond donors (Lipinski definition) is 3. The maximum atomic E-state index is 12.9. The van der Waals surface area contributed by atoms with E-state index in [9.17, 15) is 13.2 Å². The highest BCUT2D eigenvalue weighted by atomic mass is 19.4. The van der Waals surface area contributed by atoms with Gasteiger partial charge in [0.15, 0.2) is 5.82 Å². The molecule has 0 unspecified atom stereocenters. The van der Waals surface area contributed by atoms with Gasteiger partial charge >= 0.3 is 6.18 Å². The monoisotopic (exact) mass is 401 g/mol. The molecule has 29 heavy (non-hydrogen) atoms. The molecule has 0 atom stereocenters. The van der Waals surface area contributed by atoms with E-state index in [4.69, 9.17) is 5.73 Å². The number of nitrogen functional groups attached to an aromatic ring is 1. The maximum Gasteiger partial charge on any atom is 0.416 e. The highest BCUT2D eigenvalue weighted by Crippen LogP contribution is 2.38. The minimum absolute atomic E-state index is 0.113. The molecule has 4 rings (SSSR count). The Balaban J connectivity index is 1.96. The number of anilines is 2. The van der Waals surface area contributed by atoms with Crippen molar-refractivity contribution in [1.82, 2.24) is 15.0 Å². The van der Waals surface area contributed by atoms with Gasteiger partial charge in [0.2, 0.25) is 5.95 Å². The summed E-state index contributed by atoms with van der Waals surface area (Å²) in [4.78, 5) is 11.9. The van der Waals surface area contributed by atoms with Crippen LogP contribution in [0, 0.1) is 0 Å². The number of hydrogen-bond acceptors (Lipinski definition) is 4. The first-order valence-electron chi connectivity index (χ1n) is 8.87. The lowest BCUT2D eigenvalue weighted by atomic mass is 9.99. The fourth-order valence-electron chi connectivity index (χ4n) is 3.34. The van der Waals surface area contributed by atoms with E-state index in [1.54, 1.807) is 6.20 Å². The Kier molecular flexibility index (Phi) is 4.16. The van der Waals surface area contributed by atoms with Gasteiger partial charge in [-0.25, -0.2) is 15.0 Å². The van der Waals surface area contributed by atoms with Gasteiger partial charge in [0, 0.05) is 17.1 Å². The summed E-state index contributed by atoms with van der Waals surface area (Å²) in [5.74, 6) is 0.699. The highest BCUT2D eigenvalue weighted by Gasteiger charge is 2.30. The molecule has 0 aliphatic carbocycles. The van der Waals surface area contributed by atoms with Crippen molar-refractivity contribution >= 4 is 33.6 Å². The van der Waals surface area contributed by atoms with Crippen molar-refractivity contribution in [2.45, 2.75) is 6.18 Å². The van der Waals surface area contributed by atoms with Crippen LogP contribution >= 0.6 is 0 Å². The van der Waals surface area contributed by atoms with Crippen molar-refractivity contribution < 1.29 is 17.8 Å². The van der Waals surface area contributed by atoms with Crippen LogP contribution in [-0.4, -0.2) is 40.7 Å². The number of halogens is 3. The molecule has 2 aromatic heterocycles. The van der Waals surface area contributed by atoms with Crippen LogP contribution in [0.4, 0.5) is 24.9 Å². The van der Waals surface area contributed by atoms with E-state index in [-0.39, 0.29) is 5.95 Å². The Morgan fingerprint density at radius 2 is 1.72 bits per heavy atom. The SMILES string of the molecule is C[N+](C)(C)Nc1nc(N)nc2cc(-c3ccc(C(F)(F)F)cc3)c3[nH]ccc3c12. The highest BCUT2D eigenvalue weighted by molar-refractivity contribution is 6.15. The molecule has 6 nitrogen and oxygen atoms in total. The summed E-state index contributed by atoms with van der Waals surface area (Å²) in [7, 11) is 5.86. The van der Waals surface area contributed by atoms with Gasteiger partial charge in [0.1, 0.15) is 0 Å². The van der Waals surface area contributed by atoms with Crippen LogP contribution in [0.1, 0.15) is 5.56 Å². The molecule has 2 heterocycles. The summed E-state index contributed by atoms with van der Waals surface area (Å²) in [5, 5.41) is 1.65. The van der Waals surface area contributed by atoms with E-state index in [1.165, 1.54) is 12.1 Å². The summed E-state index contributed by atoms with van der Waals surface area (Å²) >= 11 is 0. The molecular formula is C20H20F3N6+. The maximum absolute atomic E-state index is 12.9. The second-order valence-corrected chi connectivity index (χ2v) is 7.71. The first-order chi connectivity index (χ1) is 13.5. The third kappa shape index (κ3) is 3.56. The van der Waals surface area contributed by atoms with Crippen LogP contribution < -0.4 is 11.2 Å². The molecule has 0 saturated heterocycles. The molecule has 0 spiro atoms. The first kappa shape index (κ1) is 19.0. The summed E-state index contributed by atoms with van der Waals surface area (Å²) in [6.45, 7) is 0. The molecule has 9 heteroatoms. The van der Waals surface area contributed by atoms with Gasteiger partial charge in [-0.2, -0.15) is 18.2 Å². The Morgan fingerprint density at radius 1 is 1.03 bits per heavy atom. The second-order valence-electron chi connectivity index (χ2n) is 7.71. The Labute approximate surface area is 164 Å². The molecular weight excluding hydrogens is 381 g/mol. The van der Waals surface area contributed by atoms with Crippen molar-refractivity contribution in [1.29, 1.82) is 0 Å². The average molecular weight is 401 g/mol. The Hall–Kier alpha value is -3.33. The van der Waals surface area contributed by atoms with Crippen molar-refractivity contribution in [2.75, 3.05) is 32.3 Å². The van der Waals surface area contributed by atoms with Crippen LogP contribution in [-0.2, 0) is 6.18 Å². The van der Waals surface area contributed by atoms with E-state index < -0.39 is 11.7 Å². The molecule has 0 fully saturated rings. The fourth-order valence-corrected chi connectivity index (χ4v) is 3.34. The van der Waals surface area contributed by atoms with Crippen LogP contribution in [0.2, 0.25) is 0 Å². The molecule has 0 aliphatic heterocycles. The number of aromatic amines is 1. The zero-order valence-corrected chi connectivity index (χ0v) is 16.1. The second kappa shape index (κ2) is 6.35. The molecule has 0 bridgehead atoms. The van der Waals surface area contributed by atoms with Crippen LogP contribution in [0.5, 0.6) is 0 Å². The van der Waals surface area contributed by atoms with E-state index in [2.05, 4.69) is 20.4 Å². The summed E-state index contributed by atoms with van der Waals surface area (Å²) < 4.78 is 39.2. The van der Waals surface area contributed by atoms with Crippen molar-refractivity contribution in [3.05, 3.63) is 48.2 Å². The van der Waals surface area contributed by atoms with E-state index in [1.807, 2.05) is 33.3 Å². The molecule has 4 N–H and O–H groups in total. The smallest absolute Gasteiger partial charge is 0.368 e. The van der Waals surface area contributed by atoms with Crippen molar-refractivity contribution in [3.8, 4) is 11.1 Å². The zero-order chi connectivity index (χ0) is 21.0. The van der Waals surface area contributed by atoms with Gasteiger partial charge in [-0.15, -0.1) is 0 Å². The van der Waals surface area contributed by atoms with Gasteiger partial charge in [0.05, 0.1) is 43.1 Å². The number of quaternary nitrogens is 1. The van der Waals surface area contributed by atoms with Gasteiger partial charge in [-0.05, 0) is 29.8 Å².